The Morgan fingerprint density at radius 2 is 1.84 bits per heavy atom. The van der Waals surface area contributed by atoms with Crippen LogP contribution in [0.25, 0.3) is 0 Å². The molecule has 6 nitrogen and oxygen atoms in total. The summed E-state index contributed by atoms with van der Waals surface area (Å²) in [5.74, 6) is -0.0231. The Balaban J connectivity index is 1.72. The van der Waals surface area contributed by atoms with Crippen molar-refractivity contribution in [2.45, 2.75) is 32.1 Å². The standard InChI is InChI=1S/C13H21N3O3/c1-14-10-12(18)16(13(14)19)9-5-6-11(17)15-7-3-2-4-8-15/h2-10H2,1H3. The molecule has 2 aliphatic heterocycles. The van der Waals surface area contributed by atoms with E-state index in [-0.39, 0.29) is 24.4 Å². The molecule has 2 heterocycles. The van der Waals surface area contributed by atoms with Gasteiger partial charge in [-0.15, -0.1) is 0 Å². The summed E-state index contributed by atoms with van der Waals surface area (Å²) in [5, 5.41) is 0. The first-order chi connectivity index (χ1) is 9.09. The number of carbonyl (C=O) groups excluding carboxylic acids is 3. The van der Waals surface area contributed by atoms with Gasteiger partial charge in [0, 0.05) is 33.1 Å². The monoisotopic (exact) mass is 267 g/mol. The summed E-state index contributed by atoms with van der Waals surface area (Å²) in [7, 11) is 1.61. The topological polar surface area (TPSA) is 60.9 Å². The van der Waals surface area contributed by atoms with Gasteiger partial charge in [-0.3, -0.25) is 14.5 Å². The molecule has 0 aromatic rings. The summed E-state index contributed by atoms with van der Waals surface area (Å²) >= 11 is 0. The van der Waals surface area contributed by atoms with Crippen molar-refractivity contribution in [2.75, 3.05) is 33.2 Å². The molecule has 0 bridgehead atoms. The summed E-state index contributed by atoms with van der Waals surface area (Å²) < 4.78 is 0. The average Bonchev–Trinajstić information content (AvgIpc) is 2.66. The molecular weight excluding hydrogens is 246 g/mol. The number of hydrogen-bond acceptors (Lipinski definition) is 3. The van der Waals surface area contributed by atoms with Crippen molar-refractivity contribution in [1.82, 2.24) is 14.7 Å². The predicted octanol–water partition coefficient (Wildman–Crippen LogP) is 0.673. The fraction of sp³-hybridized carbons (Fsp3) is 0.769. The smallest absolute Gasteiger partial charge is 0.326 e. The summed E-state index contributed by atoms with van der Waals surface area (Å²) in [6, 6.07) is -0.254. The molecule has 0 radical (unpaired) electrons. The van der Waals surface area contributed by atoms with Gasteiger partial charge < -0.3 is 9.80 Å². The summed E-state index contributed by atoms with van der Waals surface area (Å²) in [5.41, 5.74) is 0. The Morgan fingerprint density at radius 3 is 2.42 bits per heavy atom. The van der Waals surface area contributed by atoms with Crippen LogP contribution in [0.1, 0.15) is 32.1 Å². The molecule has 0 aromatic heterocycles. The Kier molecular flexibility index (Phi) is 4.39. The largest absolute Gasteiger partial charge is 0.343 e. The Morgan fingerprint density at radius 1 is 1.16 bits per heavy atom. The van der Waals surface area contributed by atoms with Gasteiger partial charge in [-0.25, -0.2) is 4.79 Å². The molecule has 2 fully saturated rings. The van der Waals surface area contributed by atoms with E-state index < -0.39 is 0 Å². The van der Waals surface area contributed by atoms with Crippen molar-refractivity contribution in [2.24, 2.45) is 0 Å². The minimum atomic E-state index is -0.254. The molecule has 106 valence electrons. The molecule has 19 heavy (non-hydrogen) atoms. The van der Waals surface area contributed by atoms with Crippen molar-refractivity contribution in [3.8, 4) is 0 Å². The van der Waals surface area contributed by atoms with Crippen LogP contribution >= 0.6 is 0 Å². The quantitative estimate of drug-likeness (QED) is 0.703. The number of carbonyl (C=O) groups is 3. The van der Waals surface area contributed by atoms with E-state index in [4.69, 9.17) is 0 Å². The van der Waals surface area contributed by atoms with Crippen LogP contribution in [-0.4, -0.2) is 65.8 Å². The Hall–Kier alpha value is -1.59. The molecule has 0 aliphatic carbocycles. The van der Waals surface area contributed by atoms with E-state index in [9.17, 15) is 14.4 Å². The molecule has 0 N–H and O–H groups in total. The zero-order chi connectivity index (χ0) is 13.8. The second-order valence-corrected chi connectivity index (χ2v) is 5.23. The molecule has 2 saturated heterocycles. The van der Waals surface area contributed by atoms with Crippen molar-refractivity contribution >= 4 is 17.8 Å². The fourth-order valence-electron chi connectivity index (χ4n) is 2.58. The number of likely N-dealkylation sites (tertiary alicyclic amines) is 1. The van der Waals surface area contributed by atoms with Crippen molar-refractivity contribution in [3.63, 3.8) is 0 Å². The van der Waals surface area contributed by atoms with Gasteiger partial charge in [0.25, 0.3) is 0 Å². The molecular formula is C13H21N3O3. The number of rotatable bonds is 4. The van der Waals surface area contributed by atoms with Crippen molar-refractivity contribution in [3.05, 3.63) is 0 Å². The molecule has 0 atom stereocenters. The van der Waals surface area contributed by atoms with E-state index in [2.05, 4.69) is 0 Å². The lowest BCUT2D eigenvalue weighted by Gasteiger charge is -2.27. The van der Waals surface area contributed by atoms with Gasteiger partial charge in [0.1, 0.15) is 6.54 Å². The number of piperidine rings is 1. The Bertz CT molecular complexity index is 377. The first-order valence-corrected chi connectivity index (χ1v) is 6.93. The third kappa shape index (κ3) is 3.24. The fourth-order valence-corrected chi connectivity index (χ4v) is 2.58. The number of amides is 4. The summed E-state index contributed by atoms with van der Waals surface area (Å²) in [6.07, 6.45) is 4.34. The third-order valence-corrected chi connectivity index (χ3v) is 3.71. The van der Waals surface area contributed by atoms with Crippen LogP contribution in [0, 0.1) is 0 Å². The molecule has 0 aromatic carbocycles. The third-order valence-electron chi connectivity index (χ3n) is 3.71. The van der Waals surface area contributed by atoms with Crippen LogP contribution in [0.15, 0.2) is 0 Å². The highest BCUT2D eigenvalue weighted by molar-refractivity contribution is 6.01. The summed E-state index contributed by atoms with van der Waals surface area (Å²) in [4.78, 5) is 39.6. The maximum Gasteiger partial charge on any atom is 0.326 e. The minimum Gasteiger partial charge on any atom is -0.343 e. The van der Waals surface area contributed by atoms with E-state index in [0.717, 1.165) is 25.9 Å². The van der Waals surface area contributed by atoms with Crippen molar-refractivity contribution < 1.29 is 14.4 Å². The van der Waals surface area contributed by atoms with E-state index >= 15 is 0 Å². The number of likely N-dealkylation sites (N-methyl/N-ethyl adjacent to an activating group) is 1. The number of nitrogens with zero attached hydrogens (tertiary/aromatic N) is 3. The van der Waals surface area contributed by atoms with Gasteiger partial charge in [-0.05, 0) is 25.7 Å². The highest BCUT2D eigenvalue weighted by atomic mass is 16.2. The first-order valence-electron chi connectivity index (χ1n) is 6.93. The second kappa shape index (κ2) is 6.04. The molecule has 2 aliphatic rings. The lowest BCUT2D eigenvalue weighted by Crippen LogP contribution is -2.37. The molecule has 0 unspecified atom stereocenters. The van der Waals surface area contributed by atoms with E-state index in [1.807, 2.05) is 4.90 Å². The zero-order valence-electron chi connectivity index (χ0n) is 11.4. The normalized spacial score (nSPS) is 20.4. The van der Waals surface area contributed by atoms with Crippen LogP contribution in [0.5, 0.6) is 0 Å². The maximum absolute atomic E-state index is 11.9. The first kappa shape index (κ1) is 13.8. The SMILES string of the molecule is CN1CC(=O)N(CCCC(=O)N2CCCCC2)C1=O. The van der Waals surface area contributed by atoms with Gasteiger partial charge in [0.05, 0.1) is 0 Å². The lowest BCUT2D eigenvalue weighted by molar-refractivity contribution is -0.132. The predicted molar refractivity (Wildman–Crippen MR) is 69.4 cm³/mol. The van der Waals surface area contributed by atoms with Crippen LogP contribution < -0.4 is 0 Å². The number of imide groups is 1. The van der Waals surface area contributed by atoms with Crippen LogP contribution in [0.2, 0.25) is 0 Å². The van der Waals surface area contributed by atoms with Crippen LogP contribution in [0.4, 0.5) is 4.79 Å². The number of urea groups is 1. The highest BCUT2D eigenvalue weighted by Gasteiger charge is 2.33. The molecule has 4 amide bonds. The van der Waals surface area contributed by atoms with Crippen molar-refractivity contribution in [1.29, 1.82) is 0 Å². The van der Waals surface area contributed by atoms with Crippen LogP contribution in [-0.2, 0) is 9.59 Å². The lowest BCUT2D eigenvalue weighted by atomic mass is 10.1. The molecule has 2 rings (SSSR count). The molecule has 0 saturated carbocycles. The molecule has 0 spiro atoms. The van der Waals surface area contributed by atoms with Gasteiger partial charge >= 0.3 is 6.03 Å². The maximum atomic E-state index is 11.9. The van der Waals surface area contributed by atoms with E-state index in [0.29, 0.717) is 19.4 Å². The minimum absolute atomic E-state index is 0.146. The molecule has 6 heteroatoms. The van der Waals surface area contributed by atoms with Gasteiger partial charge in [-0.1, -0.05) is 0 Å². The van der Waals surface area contributed by atoms with E-state index in [1.54, 1.807) is 7.05 Å². The highest BCUT2D eigenvalue weighted by Crippen LogP contribution is 2.12. The van der Waals surface area contributed by atoms with Gasteiger partial charge in [0.2, 0.25) is 11.8 Å². The van der Waals surface area contributed by atoms with Gasteiger partial charge in [0.15, 0.2) is 0 Å². The van der Waals surface area contributed by atoms with E-state index in [1.165, 1.54) is 16.2 Å². The average molecular weight is 267 g/mol. The van der Waals surface area contributed by atoms with Gasteiger partial charge in [-0.2, -0.15) is 0 Å². The van der Waals surface area contributed by atoms with Crippen LogP contribution in [0.3, 0.4) is 0 Å². The summed E-state index contributed by atoms with van der Waals surface area (Å²) in [6.45, 7) is 2.20. The second-order valence-electron chi connectivity index (χ2n) is 5.23. The Labute approximate surface area is 113 Å². The number of hydrogen-bond donors (Lipinski definition) is 0. The zero-order valence-corrected chi connectivity index (χ0v) is 11.4.